The summed E-state index contributed by atoms with van der Waals surface area (Å²) in [6.45, 7) is 0.476. The molecule has 146 valence electrons. The summed E-state index contributed by atoms with van der Waals surface area (Å²) in [5.74, 6) is 1.07. The highest BCUT2D eigenvalue weighted by Crippen LogP contribution is 2.33. The predicted octanol–water partition coefficient (Wildman–Crippen LogP) is 4.64. The van der Waals surface area contributed by atoms with Crippen molar-refractivity contribution in [2.24, 2.45) is 0 Å². The molecule has 1 amide bonds. The number of benzene rings is 3. The minimum Gasteiger partial charge on any atom is -0.493 e. The van der Waals surface area contributed by atoms with E-state index in [1.54, 1.807) is 24.3 Å². The molecule has 0 saturated heterocycles. The molecule has 4 rings (SSSR count). The van der Waals surface area contributed by atoms with E-state index in [0.717, 1.165) is 11.3 Å². The summed E-state index contributed by atoms with van der Waals surface area (Å²) in [4.78, 5) is 23.7. The number of hydrogen-bond acceptors (Lipinski definition) is 5. The fourth-order valence-corrected chi connectivity index (χ4v) is 3.24. The smallest absolute Gasteiger partial charge is 0.270 e. The molecule has 0 aromatic heterocycles. The highest BCUT2D eigenvalue weighted by molar-refractivity contribution is 5.98. The Balaban J connectivity index is 1.64. The molecule has 1 atom stereocenters. The van der Waals surface area contributed by atoms with E-state index in [2.05, 4.69) is 5.32 Å². The summed E-state index contributed by atoms with van der Waals surface area (Å²) < 4.78 is 11.4. The van der Waals surface area contributed by atoms with Crippen molar-refractivity contribution in [2.45, 2.75) is 12.5 Å². The maximum Gasteiger partial charge on any atom is 0.270 e. The molecule has 1 aliphatic rings. The number of non-ortho nitro benzene ring substituents is 1. The van der Waals surface area contributed by atoms with Crippen LogP contribution in [0.5, 0.6) is 17.2 Å². The normalized spacial score (nSPS) is 15.0. The van der Waals surface area contributed by atoms with Crippen molar-refractivity contribution >= 4 is 11.6 Å². The van der Waals surface area contributed by atoms with Gasteiger partial charge in [-0.3, -0.25) is 14.9 Å². The zero-order valence-corrected chi connectivity index (χ0v) is 15.4. The number of nitro groups is 1. The van der Waals surface area contributed by atoms with E-state index in [-0.39, 0.29) is 23.0 Å². The number of para-hydroxylation sites is 2. The van der Waals surface area contributed by atoms with Crippen molar-refractivity contribution in [1.29, 1.82) is 0 Å². The molecule has 0 fully saturated rings. The predicted molar refractivity (Wildman–Crippen MR) is 106 cm³/mol. The van der Waals surface area contributed by atoms with Gasteiger partial charge in [-0.2, -0.15) is 0 Å². The lowest BCUT2D eigenvalue weighted by atomic mass is 10.00. The van der Waals surface area contributed by atoms with E-state index in [1.807, 2.05) is 30.3 Å². The monoisotopic (exact) mass is 390 g/mol. The number of rotatable bonds is 5. The van der Waals surface area contributed by atoms with E-state index in [4.69, 9.17) is 9.47 Å². The highest BCUT2D eigenvalue weighted by Gasteiger charge is 2.25. The van der Waals surface area contributed by atoms with Crippen molar-refractivity contribution in [3.63, 3.8) is 0 Å². The van der Waals surface area contributed by atoms with Gasteiger partial charge in [0, 0.05) is 24.1 Å². The third-order valence-corrected chi connectivity index (χ3v) is 4.65. The van der Waals surface area contributed by atoms with Gasteiger partial charge in [0.2, 0.25) is 0 Å². The average molecular weight is 390 g/mol. The van der Waals surface area contributed by atoms with Gasteiger partial charge in [0.1, 0.15) is 17.2 Å². The molecule has 0 saturated carbocycles. The Kier molecular flexibility index (Phi) is 5.11. The van der Waals surface area contributed by atoms with Crippen molar-refractivity contribution in [3.8, 4) is 17.2 Å². The number of fused-ring (bicyclic) bond motifs is 1. The van der Waals surface area contributed by atoms with Gasteiger partial charge in [-0.15, -0.1) is 0 Å². The molecule has 1 unspecified atom stereocenters. The van der Waals surface area contributed by atoms with Crippen molar-refractivity contribution in [2.75, 3.05) is 6.61 Å². The van der Waals surface area contributed by atoms with E-state index >= 15 is 0 Å². The van der Waals surface area contributed by atoms with Crippen molar-refractivity contribution < 1.29 is 19.2 Å². The summed E-state index contributed by atoms with van der Waals surface area (Å²) in [7, 11) is 0. The van der Waals surface area contributed by atoms with Crippen LogP contribution in [0.15, 0.2) is 72.8 Å². The van der Waals surface area contributed by atoms with E-state index < -0.39 is 10.8 Å². The van der Waals surface area contributed by atoms with Crippen LogP contribution >= 0.6 is 0 Å². The summed E-state index contributed by atoms with van der Waals surface area (Å²) in [6, 6.07) is 20.2. The molecule has 1 N–H and O–H groups in total. The Morgan fingerprint density at radius 1 is 1.07 bits per heavy atom. The Labute approximate surface area is 167 Å². The second-order valence-corrected chi connectivity index (χ2v) is 6.55. The number of nitrogens with one attached hydrogen (secondary N) is 1. The second kappa shape index (κ2) is 8.02. The third kappa shape index (κ3) is 4.03. The quantitative estimate of drug-likeness (QED) is 0.506. The number of nitrogens with zero attached hydrogens (tertiary/aromatic N) is 1. The van der Waals surface area contributed by atoms with Crippen LogP contribution in [0.2, 0.25) is 0 Å². The van der Waals surface area contributed by atoms with Crippen molar-refractivity contribution in [1.82, 2.24) is 5.32 Å². The summed E-state index contributed by atoms with van der Waals surface area (Å²) in [5.41, 5.74) is 0.804. The Hall–Kier alpha value is -3.87. The standard InChI is InChI=1S/C22H18N2O5/c25-22(23-19-12-13-28-20-9-5-4-8-17(19)20)18-14-15(24(26)27)10-11-21(18)29-16-6-2-1-3-7-16/h1-11,14,19H,12-13H2,(H,23,25). The molecule has 7 nitrogen and oxygen atoms in total. The first-order valence-corrected chi connectivity index (χ1v) is 9.16. The topological polar surface area (TPSA) is 90.7 Å². The molecule has 7 heteroatoms. The fraction of sp³-hybridized carbons (Fsp3) is 0.136. The van der Waals surface area contributed by atoms with Crippen LogP contribution in [-0.2, 0) is 0 Å². The lowest BCUT2D eigenvalue weighted by molar-refractivity contribution is -0.384. The number of carbonyl (C=O) groups is 1. The van der Waals surface area contributed by atoms with E-state index in [1.165, 1.54) is 18.2 Å². The van der Waals surface area contributed by atoms with Gasteiger partial charge in [0.15, 0.2) is 0 Å². The lowest BCUT2D eigenvalue weighted by Gasteiger charge is -2.26. The molecule has 0 bridgehead atoms. The Bertz CT molecular complexity index is 1050. The van der Waals surface area contributed by atoms with E-state index in [0.29, 0.717) is 18.8 Å². The van der Waals surface area contributed by atoms with Crippen LogP contribution in [0, 0.1) is 10.1 Å². The zero-order valence-electron chi connectivity index (χ0n) is 15.4. The molecule has 0 spiro atoms. The van der Waals surface area contributed by atoms with Gasteiger partial charge < -0.3 is 14.8 Å². The first-order chi connectivity index (χ1) is 14.1. The maximum atomic E-state index is 13.1. The van der Waals surface area contributed by atoms with Gasteiger partial charge in [0.05, 0.1) is 23.1 Å². The number of carbonyl (C=O) groups excluding carboxylic acids is 1. The third-order valence-electron chi connectivity index (χ3n) is 4.65. The number of nitro benzene ring substituents is 1. The van der Waals surface area contributed by atoms with Crippen LogP contribution in [-0.4, -0.2) is 17.4 Å². The van der Waals surface area contributed by atoms with Crippen LogP contribution in [0.1, 0.15) is 28.4 Å². The van der Waals surface area contributed by atoms with Gasteiger partial charge in [-0.1, -0.05) is 36.4 Å². The van der Waals surface area contributed by atoms with Crippen LogP contribution in [0.3, 0.4) is 0 Å². The molecule has 3 aromatic carbocycles. The van der Waals surface area contributed by atoms with Gasteiger partial charge in [0.25, 0.3) is 11.6 Å². The molecule has 0 radical (unpaired) electrons. The first-order valence-electron chi connectivity index (χ1n) is 9.16. The number of ether oxygens (including phenoxy) is 2. The highest BCUT2D eigenvalue weighted by atomic mass is 16.6. The molecule has 1 heterocycles. The largest absolute Gasteiger partial charge is 0.493 e. The summed E-state index contributed by atoms with van der Waals surface area (Å²) in [5, 5.41) is 14.2. The lowest BCUT2D eigenvalue weighted by Crippen LogP contribution is -2.32. The van der Waals surface area contributed by atoms with Crippen LogP contribution < -0.4 is 14.8 Å². The van der Waals surface area contributed by atoms with Crippen LogP contribution in [0.4, 0.5) is 5.69 Å². The molecule has 0 aliphatic carbocycles. The Morgan fingerprint density at radius 3 is 2.62 bits per heavy atom. The first kappa shape index (κ1) is 18.5. The van der Waals surface area contributed by atoms with Gasteiger partial charge >= 0.3 is 0 Å². The number of amides is 1. The SMILES string of the molecule is O=C(NC1CCOc2ccccc21)c1cc([N+](=O)[O-])ccc1Oc1ccccc1. The second-order valence-electron chi connectivity index (χ2n) is 6.55. The molecule has 1 aliphatic heterocycles. The molecular weight excluding hydrogens is 372 g/mol. The molecule has 3 aromatic rings. The average Bonchev–Trinajstić information content (AvgIpc) is 2.75. The zero-order chi connectivity index (χ0) is 20.2. The van der Waals surface area contributed by atoms with Crippen LogP contribution in [0.25, 0.3) is 0 Å². The number of hydrogen-bond donors (Lipinski definition) is 1. The maximum absolute atomic E-state index is 13.1. The summed E-state index contributed by atoms with van der Waals surface area (Å²) >= 11 is 0. The minimum absolute atomic E-state index is 0.104. The van der Waals surface area contributed by atoms with Gasteiger partial charge in [-0.25, -0.2) is 0 Å². The Morgan fingerprint density at radius 2 is 1.83 bits per heavy atom. The minimum atomic E-state index is -0.535. The van der Waals surface area contributed by atoms with Crippen molar-refractivity contribution in [3.05, 3.63) is 94.0 Å². The molecule has 29 heavy (non-hydrogen) atoms. The summed E-state index contributed by atoms with van der Waals surface area (Å²) in [6.07, 6.45) is 0.604. The fourth-order valence-electron chi connectivity index (χ4n) is 3.24. The van der Waals surface area contributed by atoms with E-state index in [9.17, 15) is 14.9 Å². The van der Waals surface area contributed by atoms with Gasteiger partial charge in [-0.05, 0) is 24.3 Å². The molecular formula is C22H18N2O5.